The summed E-state index contributed by atoms with van der Waals surface area (Å²) >= 11 is 3.23. The van der Waals surface area contributed by atoms with Crippen molar-refractivity contribution in [3.63, 3.8) is 0 Å². The fraction of sp³-hybridized carbons (Fsp3) is 0.100. The molecule has 0 fully saturated rings. The van der Waals surface area contributed by atoms with E-state index >= 15 is 0 Å². The summed E-state index contributed by atoms with van der Waals surface area (Å²) in [6, 6.07) is 3.72. The smallest absolute Gasteiger partial charge is 0.239 e. The number of methoxy groups -OCH3 is 1. The number of nitriles is 2. The van der Waals surface area contributed by atoms with Gasteiger partial charge in [-0.05, 0) is 15.9 Å². The lowest BCUT2D eigenvalue weighted by molar-refractivity contribution is 0.393. The maximum absolute atomic E-state index is 9.00. The van der Waals surface area contributed by atoms with Gasteiger partial charge < -0.3 is 4.74 Å². The van der Waals surface area contributed by atoms with Gasteiger partial charge >= 0.3 is 0 Å². The summed E-state index contributed by atoms with van der Waals surface area (Å²) < 4.78 is 6.95. The molecule has 2 aromatic heterocycles. The molecular formula is C10H5BrN6O. The van der Waals surface area contributed by atoms with Gasteiger partial charge in [-0.15, -0.1) is 0 Å². The minimum atomic E-state index is 0.0305. The van der Waals surface area contributed by atoms with Crippen LogP contribution in [0.15, 0.2) is 17.0 Å². The molecule has 0 bridgehead atoms. The first kappa shape index (κ1) is 12.0. The Bertz CT molecular complexity index is 681. The van der Waals surface area contributed by atoms with Crippen LogP contribution in [0, 0.1) is 22.7 Å². The monoisotopic (exact) mass is 304 g/mol. The summed E-state index contributed by atoms with van der Waals surface area (Å²) in [5, 5.41) is 17.8. The number of halogens is 1. The second-order valence-corrected chi connectivity index (χ2v) is 3.92. The van der Waals surface area contributed by atoms with Gasteiger partial charge in [0.1, 0.15) is 18.5 Å². The van der Waals surface area contributed by atoms with E-state index in [2.05, 4.69) is 30.9 Å². The van der Waals surface area contributed by atoms with Crippen molar-refractivity contribution in [2.75, 3.05) is 7.11 Å². The van der Waals surface area contributed by atoms with Crippen molar-refractivity contribution < 1.29 is 4.74 Å². The van der Waals surface area contributed by atoms with Gasteiger partial charge in [0.05, 0.1) is 17.8 Å². The van der Waals surface area contributed by atoms with E-state index in [-0.39, 0.29) is 17.3 Å². The Kier molecular flexibility index (Phi) is 3.22. The van der Waals surface area contributed by atoms with Crippen LogP contribution in [0.2, 0.25) is 0 Å². The molecule has 88 valence electrons. The molecule has 0 amide bonds. The molecule has 0 atom stereocenters. The Morgan fingerprint density at radius 1 is 1.33 bits per heavy atom. The summed E-state index contributed by atoms with van der Waals surface area (Å²) in [7, 11) is 1.47. The summed E-state index contributed by atoms with van der Waals surface area (Å²) in [5.41, 5.74) is 0.116. The predicted octanol–water partition coefficient (Wildman–Crippen LogP) is 1.18. The molecule has 0 saturated heterocycles. The van der Waals surface area contributed by atoms with Crippen molar-refractivity contribution in [1.82, 2.24) is 19.5 Å². The molecule has 0 aromatic carbocycles. The standard InChI is InChI=1S/C10H5BrN6O/c1-18-9-6(11)4-14-10(16-9)17-5-15-7(2-12)8(17)3-13/h4-5H,1H3. The largest absolute Gasteiger partial charge is 0.480 e. The molecule has 0 radical (unpaired) electrons. The maximum Gasteiger partial charge on any atom is 0.239 e. The third kappa shape index (κ3) is 1.90. The van der Waals surface area contributed by atoms with Crippen LogP contribution in [-0.2, 0) is 0 Å². The molecule has 18 heavy (non-hydrogen) atoms. The molecule has 0 unspecified atom stereocenters. The normalized spacial score (nSPS) is 9.56. The first-order valence-electron chi connectivity index (χ1n) is 4.65. The summed E-state index contributed by atoms with van der Waals surface area (Å²) in [6.45, 7) is 0. The van der Waals surface area contributed by atoms with Crippen LogP contribution >= 0.6 is 15.9 Å². The summed E-state index contributed by atoms with van der Waals surface area (Å²) in [4.78, 5) is 11.9. The van der Waals surface area contributed by atoms with E-state index in [0.29, 0.717) is 10.4 Å². The lowest BCUT2D eigenvalue weighted by Crippen LogP contribution is -2.04. The maximum atomic E-state index is 9.00. The molecule has 0 saturated carbocycles. The molecule has 0 aliphatic rings. The van der Waals surface area contributed by atoms with Gasteiger partial charge in [-0.2, -0.15) is 15.5 Å². The van der Waals surface area contributed by atoms with Crippen molar-refractivity contribution in [3.8, 4) is 24.0 Å². The lowest BCUT2D eigenvalue weighted by atomic mass is 10.3. The van der Waals surface area contributed by atoms with Crippen LogP contribution in [0.4, 0.5) is 0 Å². The Morgan fingerprint density at radius 2 is 2.11 bits per heavy atom. The molecule has 2 heterocycles. The highest BCUT2D eigenvalue weighted by molar-refractivity contribution is 9.10. The van der Waals surface area contributed by atoms with Crippen LogP contribution in [0.3, 0.4) is 0 Å². The SMILES string of the molecule is COc1nc(-n2cnc(C#N)c2C#N)ncc1Br. The number of imidazole rings is 1. The first-order valence-corrected chi connectivity index (χ1v) is 5.45. The Morgan fingerprint density at radius 3 is 2.72 bits per heavy atom. The molecule has 7 nitrogen and oxygen atoms in total. The molecule has 0 spiro atoms. The minimum Gasteiger partial charge on any atom is -0.480 e. The number of hydrogen-bond acceptors (Lipinski definition) is 6. The zero-order valence-electron chi connectivity index (χ0n) is 9.12. The second kappa shape index (κ2) is 4.82. The lowest BCUT2D eigenvalue weighted by Gasteiger charge is -2.05. The quantitative estimate of drug-likeness (QED) is 0.825. The van der Waals surface area contributed by atoms with Crippen LogP contribution < -0.4 is 4.74 Å². The Balaban J connectivity index is 2.60. The fourth-order valence-electron chi connectivity index (χ4n) is 1.29. The molecule has 2 rings (SSSR count). The van der Waals surface area contributed by atoms with Crippen molar-refractivity contribution >= 4 is 15.9 Å². The van der Waals surface area contributed by atoms with Gasteiger partial charge in [0.2, 0.25) is 11.8 Å². The van der Waals surface area contributed by atoms with Crippen molar-refractivity contribution in [3.05, 3.63) is 28.4 Å². The van der Waals surface area contributed by atoms with E-state index in [1.807, 2.05) is 12.1 Å². The molecule has 2 aromatic rings. The second-order valence-electron chi connectivity index (χ2n) is 3.06. The highest BCUT2D eigenvalue weighted by Gasteiger charge is 2.14. The van der Waals surface area contributed by atoms with E-state index in [1.54, 1.807) is 0 Å². The Labute approximate surface area is 110 Å². The van der Waals surface area contributed by atoms with Crippen molar-refractivity contribution in [2.45, 2.75) is 0 Å². The van der Waals surface area contributed by atoms with Gasteiger partial charge in [0.25, 0.3) is 0 Å². The summed E-state index contributed by atoms with van der Waals surface area (Å²) in [5.74, 6) is 0.539. The number of nitrogens with zero attached hydrogens (tertiary/aromatic N) is 6. The van der Waals surface area contributed by atoms with Crippen molar-refractivity contribution in [2.24, 2.45) is 0 Å². The van der Waals surface area contributed by atoms with Gasteiger partial charge in [-0.1, -0.05) is 0 Å². The highest BCUT2D eigenvalue weighted by atomic mass is 79.9. The van der Waals surface area contributed by atoms with Crippen LogP contribution in [0.1, 0.15) is 11.4 Å². The van der Waals surface area contributed by atoms with Crippen LogP contribution in [0.5, 0.6) is 5.88 Å². The molecular weight excluding hydrogens is 300 g/mol. The first-order chi connectivity index (χ1) is 8.71. The van der Waals surface area contributed by atoms with E-state index in [0.717, 1.165) is 0 Å². The third-order valence-corrected chi connectivity index (χ3v) is 2.63. The number of rotatable bonds is 2. The number of aromatic nitrogens is 4. The van der Waals surface area contributed by atoms with Gasteiger partial charge in [0, 0.05) is 0 Å². The van der Waals surface area contributed by atoms with E-state index < -0.39 is 0 Å². The fourth-order valence-corrected chi connectivity index (χ4v) is 1.64. The van der Waals surface area contributed by atoms with E-state index in [1.165, 1.54) is 24.2 Å². The molecule has 0 aliphatic heterocycles. The van der Waals surface area contributed by atoms with Gasteiger partial charge in [0.15, 0.2) is 11.4 Å². The Hall–Kier alpha value is -2.45. The average molecular weight is 305 g/mol. The predicted molar refractivity (Wildman–Crippen MR) is 62.8 cm³/mol. The third-order valence-electron chi connectivity index (χ3n) is 2.09. The van der Waals surface area contributed by atoms with Gasteiger partial charge in [-0.3, -0.25) is 4.57 Å². The molecule has 0 N–H and O–H groups in total. The highest BCUT2D eigenvalue weighted by Crippen LogP contribution is 2.22. The average Bonchev–Trinajstić information content (AvgIpc) is 2.82. The molecule has 8 heteroatoms. The number of hydrogen-bond donors (Lipinski definition) is 0. The van der Waals surface area contributed by atoms with Crippen LogP contribution in [0.25, 0.3) is 5.95 Å². The zero-order chi connectivity index (χ0) is 13.1. The molecule has 0 aliphatic carbocycles. The van der Waals surface area contributed by atoms with Crippen molar-refractivity contribution in [1.29, 1.82) is 10.5 Å². The minimum absolute atomic E-state index is 0.0305. The number of ether oxygens (including phenoxy) is 1. The zero-order valence-corrected chi connectivity index (χ0v) is 10.7. The van der Waals surface area contributed by atoms with Gasteiger partial charge in [-0.25, -0.2) is 9.97 Å². The topological polar surface area (TPSA) is 100 Å². The van der Waals surface area contributed by atoms with Crippen LogP contribution in [-0.4, -0.2) is 26.6 Å². The summed E-state index contributed by atoms with van der Waals surface area (Å²) in [6.07, 6.45) is 2.81. The van der Waals surface area contributed by atoms with E-state index in [4.69, 9.17) is 15.3 Å². The van der Waals surface area contributed by atoms with E-state index in [9.17, 15) is 0 Å².